The van der Waals surface area contributed by atoms with Crippen LogP contribution in [0.5, 0.6) is 0 Å². The van der Waals surface area contributed by atoms with Gasteiger partial charge in [0.25, 0.3) is 5.56 Å². The maximum atomic E-state index is 12.2. The standard InChI is InChI=1S/C15H23N3O4S/c1-12(2)11-23(21,22)13-5-8-17(9-6-13)15(20)10-18-14(19)4-3-7-16-18/h3-4,7,12-13H,5-6,8-11H2,1-2H3. The summed E-state index contributed by atoms with van der Waals surface area (Å²) < 4.78 is 25.6. The smallest absolute Gasteiger partial charge is 0.267 e. The third kappa shape index (κ3) is 4.63. The molecule has 23 heavy (non-hydrogen) atoms. The molecule has 2 rings (SSSR count). The molecule has 8 heteroatoms. The van der Waals surface area contributed by atoms with Crippen LogP contribution in [0.4, 0.5) is 0 Å². The number of hydrogen-bond donors (Lipinski definition) is 0. The van der Waals surface area contributed by atoms with Gasteiger partial charge in [0.15, 0.2) is 9.84 Å². The van der Waals surface area contributed by atoms with E-state index in [2.05, 4.69) is 5.10 Å². The van der Waals surface area contributed by atoms with E-state index in [0.29, 0.717) is 25.9 Å². The first-order valence-corrected chi connectivity index (χ1v) is 9.52. The molecule has 1 fully saturated rings. The van der Waals surface area contributed by atoms with Gasteiger partial charge in [-0.1, -0.05) is 13.8 Å². The zero-order valence-electron chi connectivity index (χ0n) is 13.5. The Morgan fingerprint density at radius 2 is 2.00 bits per heavy atom. The summed E-state index contributed by atoms with van der Waals surface area (Å²) in [5, 5.41) is 3.49. The third-order valence-electron chi connectivity index (χ3n) is 3.94. The average Bonchev–Trinajstić information content (AvgIpc) is 2.48. The Kier molecular flexibility index (Phi) is 5.56. The van der Waals surface area contributed by atoms with Crippen LogP contribution in [-0.4, -0.2) is 53.1 Å². The van der Waals surface area contributed by atoms with E-state index in [1.807, 2.05) is 13.8 Å². The van der Waals surface area contributed by atoms with Crippen molar-refractivity contribution in [2.75, 3.05) is 18.8 Å². The summed E-state index contributed by atoms with van der Waals surface area (Å²) in [7, 11) is -3.10. The van der Waals surface area contributed by atoms with E-state index in [9.17, 15) is 18.0 Å². The van der Waals surface area contributed by atoms with Crippen molar-refractivity contribution in [3.05, 3.63) is 28.7 Å². The normalized spacial score (nSPS) is 16.7. The van der Waals surface area contributed by atoms with Gasteiger partial charge in [-0.3, -0.25) is 9.59 Å². The highest BCUT2D eigenvalue weighted by atomic mass is 32.2. The van der Waals surface area contributed by atoms with Crippen molar-refractivity contribution in [1.82, 2.24) is 14.7 Å². The number of carbonyl (C=O) groups is 1. The second-order valence-electron chi connectivity index (χ2n) is 6.32. The van der Waals surface area contributed by atoms with Gasteiger partial charge in [-0.05, 0) is 24.8 Å². The van der Waals surface area contributed by atoms with Gasteiger partial charge in [0.1, 0.15) is 6.54 Å². The van der Waals surface area contributed by atoms with E-state index in [0.717, 1.165) is 4.68 Å². The molecule has 0 bridgehead atoms. The van der Waals surface area contributed by atoms with Crippen molar-refractivity contribution in [1.29, 1.82) is 0 Å². The molecular weight excluding hydrogens is 318 g/mol. The summed E-state index contributed by atoms with van der Waals surface area (Å²) in [5.74, 6) is 0.0933. The number of likely N-dealkylation sites (tertiary alicyclic amines) is 1. The molecule has 1 aromatic rings. The lowest BCUT2D eigenvalue weighted by Gasteiger charge is -2.32. The molecule has 0 aromatic carbocycles. The van der Waals surface area contributed by atoms with E-state index >= 15 is 0 Å². The molecule has 1 aromatic heterocycles. The SMILES string of the molecule is CC(C)CS(=O)(=O)C1CCN(C(=O)Cn2ncccc2=O)CC1. The van der Waals surface area contributed by atoms with E-state index in [-0.39, 0.29) is 34.9 Å². The van der Waals surface area contributed by atoms with Crippen LogP contribution in [0.25, 0.3) is 0 Å². The summed E-state index contributed by atoms with van der Waals surface area (Å²) in [6.07, 6.45) is 2.37. The first-order valence-electron chi connectivity index (χ1n) is 7.81. The van der Waals surface area contributed by atoms with Crippen LogP contribution in [-0.2, 0) is 21.2 Å². The lowest BCUT2D eigenvalue weighted by Crippen LogP contribution is -2.45. The van der Waals surface area contributed by atoms with Gasteiger partial charge >= 0.3 is 0 Å². The topological polar surface area (TPSA) is 89.3 Å². The molecule has 1 saturated heterocycles. The Balaban J connectivity index is 1.93. The van der Waals surface area contributed by atoms with Gasteiger partial charge in [0.05, 0.1) is 11.0 Å². The molecule has 128 valence electrons. The summed E-state index contributed by atoms with van der Waals surface area (Å²) in [4.78, 5) is 25.4. The molecule has 2 heterocycles. The number of sulfone groups is 1. The number of amides is 1. The van der Waals surface area contributed by atoms with Crippen molar-refractivity contribution in [2.45, 2.75) is 38.5 Å². The van der Waals surface area contributed by atoms with Crippen LogP contribution in [0.1, 0.15) is 26.7 Å². The molecule has 1 amide bonds. The molecule has 1 aliphatic rings. The monoisotopic (exact) mass is 341 g/mol. The molecule has 0 N–H and O–H groups in total. The summed E-state index contributed by atoms with van der Waals surface area (Å²) >= 11 is 0. The largest absolute Gasteiger partial charge is 0.341 e. The second kappa shape index (κ2) is 7.25. The number of nitrogens with zero attached hydrogens (tertiary/aromatic N) is 3. The molecule has 0 saturated carbocycles. The van der Waals surface area contributed by atoms with Gasteiger partial charge in [0.2, 0.25) is 5.91 Å². The average molecular weight is 341 g/mol. The minimum Gasteiger partial charge on any atom is -0.341 e. The fourth-order valence-electron chi connectivity index (χ4n) is 2.80. The summed E-state index contributed by atoms with van der Waals surface area (Å²) in [6.45, 7) is 4.48. The molecule has 7 nitrogen and oxygen atoms in total. The Morgan fingerprint density at radius 3 is 2.57 bits per heavy atom. The van der Waals surface area contributed by atoms with Crippen LogP contribution >= 0.6 is 0 Å². The van der Waals surface area contributed by atoms with Crippen LogP contribution in [0.15, 0.2) is 23.1 Å². The lowest BCUT2D eigenvalue weighted by atomic mass is 10.1. The first-order chi connectivity index (χ1) is 10.8. The highest BCUT2D eigenvalue weighted by Crippen LogP contribution is 2.20. The number of piperidine rings is 1. The van der Waals surface area contributed by atoms with E-state index < -0.39 is 9.84 Å². The van der Waals surface area contributed by atoms with Gasteiger partial charge < -0.3 is 4.90 Å². The molecule has 0 radical (unpaired) electrons. The Bertz CT molecular complexity index is 703. The van der Waals surface area contributed by atoms with Gasteiger partial charge in [-0.2, -0.15) is 5.10 Å². The third-order valence-corrected chi connectivity index (χ3v) is 6.56. The van der Waals surface area contributed by atoms with E-state index in [1.165, 1.54) is 18.3 Å². The fourth-order valence-corrected chi connectivity index (χ4v) is 4.93. The van der Waals surface area contributed by atoms with Crippen LogP contribution in [0.2, 0.25) is 0 Å². The van der Waals surface area contributed by atoms with Gasteiger partial charge in [0, 0.05) is 25.4 Å². The number of rotatable bonds is 5. The number of hydrogen-bond acceptors (Lipinski definition) is 5. The molecule has 0 spiro atoms. The molecule has 0 aliphatic carbocycles. The number of carbonyl (C=O) groups excluding carboxylic acids is 1. The predicted octanol–water partition coefficient (Wildman–Crippen LogP) is 0.305. The van der Waals surface area contributed by atoms with Gasteiger partial charge in [-0.15, -0.1) is 0 Å². The highest BCUT2D eigenvalue weighted by Gasteiger charge is 2.31. The van der Waals surface area contributed by atoms with Crippen molar-refractivity contribution < 1.29 is 13.2 Å². The van der Waals surface area contributed by atoms with Crippen molar-refractivity contribution >= 4 is 15.7 Å². The molecule has 0 atom stereocenters. The van der Waals surface area contributed by atoms with Crippen molar-refractivity contribution in [2.24, 2.45) is 5.92 Å². The minimum absolute atomic E-state index is 0.107. The van der Waals surface area contributed by atoms with Crippen molar-refractivity contribution in [3.63, 3.8) is 0 Å². The fraction of sp³-hybridized carbons (Fsp3) is 0.667. The lowest BCUT2D eigenvalue weighted by molar-refractivity contribution is -0.132. The minimum atomic E-state index is -3.10. The van der Waals surface area contributed by atoms with Crippen LogP contribution in [0, 0.1) is 5.92 Å². The molecular formula is C15H23N3O4S. The predicted molar refractivity (Wildman–Crippen MR) is 86.7 cm³/mol. The zero-order valence-corrected chi connectivity index (χ0v) is 14.3. The summed E-state index contributed by atoms with van der Waals surface area (Å²) in [6, 6.07) is 2.87. The van der Waals surface area contributed by atoms with Crippen LogP contribution in [0.3, 0.4) is 0 Å². The molecule has 0 unspecified atom stereocenters. The second-order valence-corrected chi connectivity index (χ2v) is 8.65. The maximum absolute atomic E-state index is 12.2. The van der Waals surface area contributed by atoms with Crippen LogP contribution < -0.4 is 5.56 Å². The Morgan fingerprint density at radius 1 is 1.35 bits per heavy atom. The van der Waals surface area contributed by atoms with Crippen molar-refractivity contribution in [3.8, 4) is 0 Å². The first kappa shape index (κ1) is 17.7. The van der Waals surface area contributed by atoms with E-state index in [1.54, 1.807) is 4.90 Å². The number of aromatic nitrogens is 2. The Labute approximate surface area is 136 Å². The highest BCUT2D eigenvalue weighted by molar-refractivity contribution is 7.92. The summed E-state index contributed by atoms with van der Waals surface area (Å²) in [5.41, 5.74) is -0.324. The maximum Gasteiger partial charge on any atom is 0.267 e. The molecule has 1 aliphatic heterocycles. The quantitative estimate of drug-likeness (QED) is 0.769. The zero-order chi connectivity index (χ0) is 17.0. The van der Waals surface area contributed by atoms with Gasteiger partial charge in [-0.25, -0.2) is 13.1 Å². The Hall–Kier alpha value is -1.70. The van der Waals surface area contributed by atoms with E-state index in [4.69, 9.17) is 0 Å².